The number of rotatable bonds is 5. The first-order chi connectivity index (χ1) is 10.4. The van der Waals surface area contributed by atoms with Gasteiger partial charge in [0.25, 0.3) is 5.91 Å². The van der Waals surface area contributed by atoms with E-state index in [1.165, 1.54) is 0 Å². The molecule has 1 amide bonds. The zero-order valence-corrected chi connectivity index (χ0v) is 13.8. The molecule has 0 aromatic heterocycles. The van der Waals surface area contributed by atoms with Crippen molar-refractivity contribution in [2.45, 2.75) is 25.3 Å². The molecule has 1 fully saturated rings. The summed E-state index contributed by atoms with van der Waals surface area (Å²) in [4.78, 5) is 23.5. The largest absolute Gasteiger partial charge is 0.484 e. The quantitative estimate of drug-likeness (QED) is 0.859. The molecule has 5 nitrogen and oxygen atoms in total. The molecule has 1 aliphatic rings. The molecule has 2 N–H and O–H groups in total. The topological polar surface area (TPSA) is 75.6 Å². The smallest absolute Gasteiger partial charge is 0.329 e. The van der Waals surface area contributed by atoms with E-state index in [9.17, 15) is 14.7 Å². The van der Waals surface area contributed by atoms with Crippen molar-refractivity contribution in [3.63, 3.8) is 0 Å². The minimum Gasteiger partial charge on any atom is -0.484 e. The van der Waals surface area contributed by atoms with Gasteiger partial charge in [-0.1, -0.05) is 11.6 Å². The van der Waals surface area contributed by atoms with Crippen LogP contribution < -0.4 is 10.1 Å². The normalized spacial score (nSPS) is 16.8. The average Bonchev–Trinajstić information content (AvgIpc) is 2.47. The zero-order chi connectivity index (χ0) is 16.2. The molecule has 120 valence electrons. The van der Waals surface area contributed by atoms with E-state index < -0.39 is 17.4 Å². The molecular formula is C15H18ClNO4S. The Kier molecular flexibility index (Phi) is 5.58. The molecule has 0 spiro atoms. The predicted octanol–water partition coefficient (Wildman–Crippen LogP) is 2.49. The molecule has 1 aromatic carbocycles. The zero-order valence-electron chi connectivity index (χ0n) is 12.2. The van der Waals surface area contributed by atoms with Crippen molar-refractivity contribution in [3.8, 4) is 5.75 Å². The summed E-state index contributed by atoms with van der Waals surface area (Å²) in [5.74, 6) is 0.601. The molecule has 0 unspecified atom stereocenters. The Morgan fingerprint density at radius 2 is 2.09 bits per heavy atom. The third-order valence-corrected chi connectivity index (χ3v) is 4.85. The van der Waals surface area contributed by atoms with Gasteiger partial charge in [0.2, 0.25) is 0 Å². The fourth-order valence-electron chi connectivity index (χ4n) is 2.33. The Labute approximate surface area is 138 Å². The van der Waals surface area contributed by atoms with E-state index in [0.29, 0.717) is 23.6 Å². The van der Waals surface area contributed by atoms with E-state index in [1.807, 2.05) is 6.92 Å². The van der Waals surface area contributed by atoms with Gasteiger partial charge in [-0.2, -0.15) is 11.8 Å². The summed E-state index contributed by atoms with van der Waals surface area (Å²) in [6.07, 6.45) is 0.859. The SMILES string of the molecule is Cc1cc(Cl)ccc1OCC(=O)NC1(C(=O)O)CCSCC1. The molecule has 1 heterocycles. The highest BCUT2D eigenvalue weighted by Gasteiger charge is 2.41. The molecule has 7 heteroatoms. The molecule has 22 heavy (non-hydrogen) atoms. The Hall–Kier alpha value is -1.40. The molecular weight excluding hydrogens is 326 g/mol. The maximum atomic E-state index is 12.0. The number of carbonyl (C=O) groups is 2. The van der Waals surface area contributed by atoms with Crippen molar-refractivity contribution in [3.05, 3.63) is 28.8 Å². The number of thioether (sulfide) groups is 1. The van der Waals surface area contributed by atoms with Crippen LogP contribution in [0.2, 0.25) is 5.02 Å². The number of aliphatic carboxylic acids is 1. The summed E-state index contributed by atoms with van der Waals surface area (Å²) < 4.78 is 5.45. The van der Waals surface area contributed by atoms with Gasteiger partial charge in [-0.25, -0.2) is 4.79 Å². The van der Waals surface area contributed by atoms with E-state index in [-0.39, 0.29) is 6.61 Å². The van der Waals surface area contributed by atoms with Gasteiger partial charge in [-0.3, -0.25) is 4.79 Å². The van der Waals surface area contributed by atoms with E-state index in [0.717, 1.165) is 17.1 Å². The van der Waals surface area contributed by atoms with Crippen molar-refractivity contribution >= 4 is 35.2 Å². The van der Waals surface area contributed by atoms with Crippen molar-refractivity contribution in [2.24, 2.45) is 0 Å². The van der Waals surface area contributed by atoms with E-state index in [2.05, 4.69) is 5.32 Å². The first kappa shape index (κ1) is 17.0. The second-order valence-electron chi connectivity index (χ2n) is 5.25. The molecule has 1 aromatic rings. The number of benzene rings is 1. The monoisotopic (exact) mass is 343 g/mol. The number of hydrogen-bond acceptors (Lipinski definition) is 4. The standard InChI is InChI=1S/C15H18ClNO4S/c1-10-8-11(16)2-3-12(10)21-9-13(18)17-15(14(19)20)4-6-22-7-5-15/h2-3,8H,4-7,9H2,1H3,(H,17,18)(H,19,20). The highest BCUT2D eigenvalue weighted by Crippen LogP contribution is 2.27. The van der Waals surface area contributed by atoms with Gasteiger partial charge < -0.3 is 15.2 Å². The molecule has 1 saturated heterocycles. The second kappa shape index (κ2) is 7.24. The number of halogens is 1. The molecule has 2 rings (SSSR count). The number of carboxylic acid groups (broad SMARTS) is 1. The molecule has 1 aliphatic heterocycles. The van der Waals surface area contributed by atoms with Gasteiger partial charge in [0.1, 0.15) is 11.3 Å². The lowest BCUT2D eigenvalue weighted by Gasteiger charge is -2.33. The number of carboxylic acids is 1. The summed E-state index contributed by atoms with van der Waals surface area (Å²) in [6.45, 7) is 1.61. The fraction of sp³-hybridized carbons (Fsp3) is 0.467. The summed E-state index contributed by atoms with van der Waals surface area (Å²) >= 11 is 7.56. The maximum Gasteiger partial charge on any atom is 0.329 e. The van der Waals surface area contributed by atoms with Crippen molar-refractivity contribution in [1.82, 2.24) is 5.32 Å². The Balaban J connectivity index is 1.95. The first-order valence-electron chi connectivity index (χ1n) is 6.94. The second-order valence-corrected chi connectivity index (χ2v) is 6.91. The highest BCUT2D eigenvalue weighted by molar-refractivity contribution is 7.99. The van der Waals surface area contributed by atoms with Gasteiger partial charge in [0.15, 0.2) is 6.61 Å². The average molecular weight is 344 g/mol. The van der Waals surface area contributed by atoms with Crippen molar-refractivity contribution < 1.29 is 19.4 Å². The van der Waals surface area contributed by atoms with Crippen LogP contribution in [0.25, 0.3) is 0 Å². The molecule has 0 radical (unpaired) electrons. The van der Waals surface area contributed by atoms with Gasteiger partial charge in [-0.05, 0) is 55.0 Å². The summed E-state index contributed by atoms with van der Waals surface area (Å²) in [6, 6.07) is 5.11. The van der Waals surface area contributed by atoms with Gasteiger partial charge in [0, 0.05) is 5.02 Å². The van der Waals surface area contributed by atoms with Crippen LogP contribution in [0.15, 0.2) is 18.2 Å². The summed E-state index contributed by atoms with van der Waals surface area (Å²) in [7, 11) is 0. The van der Waals surface area contributed by atoms with Crippen LogP contribution in [-0.2, 0) is 9.59 Å². The fourth-order valence-corrected chi connectivity index (χ4v) is 3.75. The lowest BCUT2D eigenvalue weighted by molar-refractivity contribution is -0.148. The minimum absolute atomic E-state index is 0.218. The van der Waals surface area contributed by atoms with Crippen LogP contribution in [0.1, 0.15) is 18.4 Å². The third-order valence-electron chi connectivity index (χ3n) is 3.63. The first-order valence-corrected chi connectivity index (χ1v) is 8.47. The predicted molar refractivity (Wildman–Crippen MR) is 86.8 cm³/mol. The molecule has 0 saturated carbocycles. The maximum absolute atomic E-state index is 12.0. The van der Waals surface area contributed by atoms with Crippen LogP contribution in [0.3, 0.4) is 0 Å². The number of ether oxygens (including phenoxy) is 1. The van der Waals surface area contributed by atoms with Crippen LogP contribution >= 0.6 is 23.4 Å². The molecule has 0 bridgehead atoms. The van der Waals surface area contributed by atoms with Gasteiger partial charge in [0.05, 0.1) is 0 Å². The Bertz CT molecular complexity index is 573. The van der Waals surface area contributed by atoms with Crippen molar-refractivity contribution in [2.75, 3.05) is 18.1 Å². The van der Waals surface area contributed by atoms with Crippen LogP contribution in [0.5, 0.6) is 5.75 Å². The number of aryl methyl sites for hydroxylation is 1. The van der Waals surface area contributed by atoms with E-state index in [4.69, 9.17) is 16.3 Å². The lowest BCUT2D eigenvalue weighted by atomic mass is 9.92. The Morgan fingerprint density at radius 3 is 2.68 bits per heavy atom. The Morgan fingerprint density at radius 1 is 1.41 bits per heavy atom. The number of nitrogens with one attached hydrogen (secondary N) is 1. The van der Waals surface area contributed by atoms with Gasteiger partial charge in [-0.15, -0.1) is 0 Å². The lowest BCUT2D eigenvalue weighted by Crippen LogP contribution is -2.57. The van der Waals surface area contributed by atoms with Crippen molar-refractivity contribution in [1.29, 1.82) is 0 Å². The molecule has 0 atom stereocenters. The number of amides is 1. The minimum atomic E-state index is -1.17. The number of hydrogen-bond donors (Lipinski definition) is 2. The summed E-state index contributed by atoms with van der Waals surface area (Å²) in [5, 5.41) is 12.6. The third kappa shape index (κ3) is 4.08. The van der Waals surface area contributed by atoms with E-state index in [1.54, 1.807) is 30.0 Å². The molecule has 0 aliphatic carbocycles. The highest BCUT2D eigenvalue weighted by atomic mass is 35.5. The van der Waals surface area contributed by atoms with Crippen LogP contribution in [0.4, 0.5) is 0 Å². The van der Waals surface area contributed by atoms with Crippen LogP contribution in [-0.4, -0.2) is 40.6 Å². The number of carbonyl (C=O) groups excluding carboxylic acids is 1. The van der Waals surface area contributed by atoms with Crippen LogP contribution in [0, 0.1) is 6.92 Å². The van der Waals surface area contributed by atoms with Gasteiger partial charge >= 0.3 is 5.97 Å². The summed E-state index contributed by atoms with van der Waals surface area (Å²) in [5.41, 5.74) is -0.344. The van der Waals surface area contributed by atoms with E-state index >= 15 is 0 Å².